The Hall–Kier alpha value is -1.42. The topological polar surface area (TPSA) is 29.5 Å². The molecule has 0 radical (unpaired) electrons. The van der Waals surface area contributed by atoms with Gasteiger partial charge in [0.05, 0.1) is 6.10 Å². The van der Waals surface area contributed by atoms with Gasteiger partial charge in [0.2, 0.25) is 0 Å². The van der Waals surface area contributed by atoms with E-state index in [9.17, 15) is 5.11 Å². The van der Waals surface area contributed by atoms with Gasteiger partial charge in [0.15, 0.2) is 0 Å². The average molecular weight is 383 g/mol. The van der Waals surface area contributed by atoms with Gasteiger partial charge in [-0.15, -0.1) is 0 Å². The van der Waals surface area contributed by atoms with Crippen LogP contribution >= 0.6 is 0 Å². The van der Waals surface area contributed by atoms with E-state index in [1.807, 2.05) is 0 Å². The van der Waals surface area contributed by atoms with Gasteiger partial charge in [-0.2, -0.15) is 0 Å². The van der Waals surface area contributed by atoms with Crippen LogP contribution in [0.4, 0.5) is 0 Å². The molecule has 0 heterocycles. The van der Waals surface area contributed by atoms with Crippen LogP contribution in [0.25, 0.3) is 0 Å². The van der Waals surface area contributed by atoms with Crippen LogP contribution in [0.15, 0.2) is 60.7 Å². The molecular weight excluding hydrogens is 348 g/mol. The van der Waals surface area contributed by atoms with Gasteiger partial charge in [0.1, 0.15) is 0 Å². The molecule has 1 aliphatic carbocycles. The van der Waals surface area contributed by atoms with Gasteiger partial charge < -0.3 is 9.53 Å². The normalized spacial score (nSPS) is 24.0. The van der Waals surface area contributed by atoms with Crippen LogP contribution in [-0.4, -0.2) is 26.1 Å². The van der Waals surface area contributed by atoms with E-state index in [-0.39, 0.29) is 11.1 Å². The summed E-state index contributed by atoms with van der Waals surface area (Å²) in [5, 5.41) is 13.0. The summed E-state index contributed by atoms with van der Waals surface area (Å²) in [6, 6.07) is 21.6. The molecule has 3 rings (SSSR count). The van der Waals surface area contributed by atoms with E-state index in [4.69, 9.17) is 4.43 Å². The number of hydrogen-bond acceptors (Lipinski definition) is 2. The summed E-state index contributed by atoms with van der Waals surface area (Å²) in [5.74, 6) is 0.854. The molecule has 1 fully saturated rings. The lowest BCUT2D eigenvalue weighted by Gasteiger charge is -2.44. The van der Waals surface area contributed by atoms with Crippen LogP contribution < -0.4 is 10.4 Å². The molecule has 1 aliphatic rings. The Morgan fingerprint density at radius 1 is 0.926 bits per heavy atom. The maximum absolute atomic E-state index is 10.3. The first-order valence-electron chi connectivity index (χ1n) is 10.3. The molecule has 3 heteroatoms. The SMILES string of the molecule is C[C@@H]1CC[C@H](CO[Si](c2ccccc2)(c2ccccc2)C(C)(C)C)C[C@H]1O. The molecule has 0 amide bonds. The molecule has 0 unspecified atom stereocenters. The fourth-order valence-corrected chi connectivity index (χ4v) is 9.18. The minimum Gasteiger partial charge on any atom is -0.407 e. The van der Waals surface area contributed by atoms with Crippen LogP contribution in [-0.2, 0) is 4.43 Å². The number of aliphatic hydroxyl groups excluding tert-OH is 1. The monoisotopic (exact) mass is 382 g/mol. The van der Waals surface area contributed by atoms with Gasteiger partial charge >= 0.3 is 0 Å². The first-order valence-corrected chi connectivity index (χ1v) is 12.2. The molecule has 0 saturated heterocycles. The Balaban J connectivity index is 1.97. The number of aliphatic hydroxyl groups is 1. The third-order valence-corrected chi connectivity index (χ3v) is 11.2. The second kappa shape index (κ2) is 8.30. The fraction of sp³-hybridized carbons (Fsp3) is 0.500. The van der Waals surface area contributed by atoms with Crippen LogP contribution in [0.5, 0.6) is 0 Å². The molecule has 1 saturated carbocycles. The summed E-state index contributed by atoms with van der Waals surface area (Å²) >= 11 is 0. The maximum Gasteiger partial charge on any atom is 0.261 e. The molecular formula is C24H34O2Si. The fourth-order valence-electron chi connectivity index (χ4n) is 4.54. The van der Waals surface area contributed by atoms with Gasteiger partial charge in [-0.25, -0.2) is 0 Å². The molecule has 27 heavy (non-hydrogen) atoms. The summed E-state index contributed by atoms with van der Waals surface area (Å²) in [5.41, 5.74) is 0. The Morgan fingerprint density at radius 2 is 1.44 bits per heavy atom. The van der Waals surface area contributed by atoms with E-state index >= 15 is 0 Å². The Kier molecular flexibility index (Phi) is 6.24. The second-order valence-corrected chi connectivity index (χ2v) is 13.5. The molecule has 2 aromatic rings. The highest BCUT2D eigenvalue weighted by Crippen LogP contribution is 2.38. The van der Waals surface area contributed by atoms with E-state index in [1.54, 1.807) is 0 Å². The van der Waals surface area contributed by atoms with Crippen molar-refractivity contribution in [3.8, 4) is 0 Å². The van der Waals surface area contributed by atoms with E-state index in [0.717, 1.165) is 25.9 Å². The first-order chi connectivity index (χ1) is 12.8. The average Bonchev–Trinajstić information content (AvgIpc) is 2.66. The Labute approximate surface area is 165 Å². The van der Waals surface area contributed by atoms with Crippen molar-refractivity contribution < 1.29 is 9.53 Å². The quantitative estimate of drug-likeness (QED) is 0.779. The zero-order valence-corrected chi connectivity index (χ0v) is 18.2. The Morgan fingerprint density at radius 3 is 1.89 bits per heavy atom. The highest BCUT2D eigenvalue weighted by Gasteiger charge is 2.50. The van der Waals surface area contributed by atoms with E-state index in [0.29, 0.717) is 11.8 Å². The lowest BCUT2D eigenvalue weighted by Crippen LogP contribution is -2.67. The molecule has 0 bridgehead atoms. The summed E-state index contributed by atoms with van der Waals surface area (Å²) in [6.07, 6.45) is 2.91. The molecule has 2 aromatic carbocycles. The molecule has 1 N–H and O–H groups in total. The van der Waals surface area contributed by atoms with Crippen LogP contribution in [0.1, 0.15) is 47.0 Å². The van der Waals surface area contributed by atoms with Crippen LogP contribution in [0.2, 0.25) is 5.04 Å². The van der Waals surface area contributed by atoms with Crippen molar-refractivity contribution in [2.45, 2.75) is 58.1 Å². The van der Waals surface area contributed by atoms with Gasteiger partial charge in [-0.1, -0.05) is 88.4 Å². The third-order valence-electron chi connectivity index (χ3n) is 6.21. The van der Waals surface area contributed by atoms with Crippen molar-refractivity contribution >= 4 is 18.7 Å². The molecule has 2 nitrogen and oxygen atoms in total. The van der Waals surface area contributed by atoms with E-state index < -0.39 is 8.32 Å². The minimum absolute atomic E-state index is 0.0102. The predicted molar refractivity (Wildman–Crippen MR) is 116 cm³/mol. The summed E-state index contributed by atoms with van der Waals surface area (Å²) in [7, 11) is -2.45. The standard InChI is InChI=1S/C24H34O2Si/c1-19-15-16-20(17-23(19)25)18-26-27(24(2,3)4,21-11-7-5-8-12-21)22-13-9-6-10-14-22/h5-14,19-20,23,25H,15-18H2,1-4H3/t19-,20+,23-/m1/s1. The number of rotatable bonds is 5. The third kappa shape index (κ3) is 4.21. The first kappa shape index (κ1) is 20.3. The number of hydrogen-bond donors (Lipinski definition) is 1. The lowest BCUT2D eigenvalue weighted by atomic mass is 9.81. The van der Waals surface area contributed by atoms with Crippen LogP contribution in [0.3, 0.4) is 0 Å². The molecule has 0 spiro atoms. The summed E-state index contributed by atoms with van der Waals surface area (Å²) < 4.78 is 7.02. The minimum atomic E-state index is -2.45. The van der Waals surface area contributed by atoms with Gasteiger partial charge in [-0.05, 0) is 46.5 Å². The number of benzene rings is 2. The van der Waals surface area contributed by atoms with Crippen molar-refractivity contribution in [1.29, 1.82) is 0 Å². The van der Waals surface area contributed by atoms with Gasteiger partial charge in [0, 0.05) is 6.61 Å². The largest absolute Gasteiger partial charge is 0.407 e. The zero-order chi connectivity index (χ0) is 19.5. The maximum atomic E-state index is 10.3. The van der Waals surface area contributed by atoms with Crippen molar-refractivity contribution in [3.63, 3.8) is 0 Å². The smallest absolute Gasteiger partial charge is 0.261 e. The summed E-state index contributed by atoms with van der Waals surface area (Å²) in [4.78, 5) is 0. The van der Waals surface area contributed by atoms with E-state index in [2.05, 4.69) is 88.4 Å². The van der Waals surface area contributed by atoms with Crippen LogP contribution in [0, 0.1) is 11.8 Å². The van der Waals surface area contributed by atoms with Crippen molar-refractivity contribution in [1.82, 2.24) is 0 Å². The zero-order valence-electron chi connectivity index (χ0n) is 17.2. The van der Waals surface area contributed by atoms with Gasteiger partial charge in [0.25, 0.3) is 8.32 Å². The Bertz CT molecular complexity index is 669. The second-order valence-electron chi connectivity index (χ2n) is 9.20. The van der Waals surface area contributed by atoms with Crippen molar-refractivity contribution in [3.05, 3.63) is 60.7 Å². The van der Waals surface area contributed by atoms with E-state index in [1.165, 1.54) is 10.4 Å². The molecule has 146 valence electrons. The molecule has 0 aliphatic heterocycles. The van der Waals surface area contributed by atoms with Crippen molar-refractivity contribution in [2.24, 2.45) is 11.8 Å². The highest BCUT2D eigenvalue weighted by molar-refractivity contribution is 6.99. The predicted octanol–water partition coefficient (Wildman–Crippen LogP) is 4.36. The molecule has 0 aromatic heterocycles. The van der Waals surface area contributed by atoms with Crippen molar-refractivity contribution in [2.75, 3.05) is 6.61 Å². The summed E-state index contributed by atoms with van der Waals surface area (Å²) in [6.45, 7) is 9.84. The lowest BCUT2D eigenvalue weighted by molar-refractivity contribution is 0.0380. The molecule has 3 atom stereocenters. The highest BCUT2D eigenvalue weighted by atomic mass is 28.4. The van der Waals surface area contributed by atoms with Gasteiger partial charge in [-0.3, -0.25) is 0 Å².